The highest BCUT2D eigenvalue weighted by Crippen LogP contribution is 2.26. The van der Waals surface area contributed by atoms with Gasteiger partial charge in [-0.2, -0.15) is 0 Å². The molecule has 1 heterocycles. The van der Waals surface area contributed by atoms with Crippen LogP contribution in [0.2, 0.25) is 0 Å². The minimum absolute atomic E-state index is 0. The molecule has 2 amide bonds. The maximum atomic E-state index is 12.2. The maximum Gasteiger partial charge on any atom is 0.241 e. The summed E-state index contributed by atoms with van der Waals surface area (Å²) in [5.41, 5.74) is 0. The molecule has 1 unspecified atom stereocenters. The molecule has 1 aliphatic carbocycles. The van der Waals surface area contributed by atoms with E-state index in [4.69, 9.17) is 0 Å². The van der Waals surface area contributed by atoms with E-state index in [2.05, 4.69) is 10.6 Å². The summed E-state index contributed by atoms with van der Waals surface area (Å²) in [6, 6.07) is 0. The third kappa shape index (κ3) is 7.08. The summed E-state index contributed by atoms with van der Waals surface area (Å²) in [6.07, 6.45) is 8.97. The van der Waals surface area contributed by atoms with E-state index in [9.17, 15) is 9.59 Å². The molecule has 2 N–H and O–H groups in total. The lowest BCUT2D eigenvalue weighted by atomic mass is 9.87. The molecular weight excluding hydrogens is 314 g/mol. The van der Waals surface area contributed by atoms with Gasteiger partial charge in [0.05, 0.1) is 6.54 Å². The fraction of sp³-hybridized carbons (Fsp3) is 0.882. The average Bonchev–Trinajstić information content (AvgIpc) is 2.54. The lowest BCUT2D eigenvalue weighted by molar-refractivity contribution is -0.134. The number of hydrogen-bond acceptors (Lipinski definition) is 3. The second-order valence-corrected chi connectivity index (χ2v) is 6.89. The molecule has 0 radical (unpaired) electrons. The summed E-state index contributed by atoms with van der Waals surface area (Å²) in [6.45, 7) is 2.77. The molecule has 0 aromatic rings. The van der Waals surface area contributed by atoms with E-state index in [0.717, 1.165) is 26.1 Å². The van der Waals surface area contributed by atoms with Crippen molar-refractivity contribution in [1.82, 2.24) is 15.5 Å². The Balaban J connectivity index is 0.00000264. The Kier molecular flexibility index (Phi) is 9.56. The Morgan fingerprint density at radius 1 is 1.04 bits per heavy atom. The van der Waals surface area contributed by atoms with Crippen molar-refractivity contribution in [2.24, 2.45) is 11.8 Å². The Morgan fingerprint density at radius 3 is 2.43 bits per heavy atom. The summed E-state index contributed by atoms with van der Waals surface area (Å²) >= 11 is 0. The molecule has 6 heteroatoms. The molecule has 2 fully saturated rings. The zero-order valence-electron chi connectivity index (χ0n) is 14.3. The highest BCUT2D eigenvalue weighted by Gasteiger charge is 2.23. The van der Waals surface area contributed by atoms with Crippen molar-refractivity contribution in [1.29, 1.82) is 0 Å². The topological polar surface area (TPSA) is 61.4 Å². The Morgan fingerprint density at radius 2 is 1.74 bits per heavy atom. The van der Waals surface area contributed by atoms with Gasteiger partial charge >= 0.3 is 0 Å². The smallest absolute Gasteiger partial charge is 0.241 e. The van der Waals surface area contributed by atoms with E-state index in [1.807, 2.05) is 11.9 Å². The summed E-state index contributed by atoms with van der Waals surface area (Å²) in [7, 11) is 1.95. The van der Waals surface area contributed by atoms with E-state index in [-0.39, 0.29) is 30.8 Å². The first kappa shape index (κ1) is 20.2. The fourth-order valence-electron chi connectivity index (χ4n) is 3.76. The molecule has 0 aromatic heterocycles. The van der Waals surface area contributed by atoms with Gasteiger partial charge in [0.2, 0.25) is 11.8 Å². The van der Waals surface area contributed by atoms with Crippen LogP contribution in [0.4, 0.5) is 0 Å². The Labute approximate surface area is 146 Å². The van der Waals surface area contributed by atoms with Crippen LogP contribution in [0.1, 0.15) is 51.4 Å². The van der Waals surface area contributed by atoms with Crippen LogP contribution in [0, 0.1) is 11.8 Å². The third-order valence-corrected chi connectivity index (χ3v) is 5.00. The summed E-state index contributed by atoms with van der Waals surface area (Å²) in [5, 5.41) is 6.01. The van der Waals surface area contributed by atoms with Crippen LogP contribution in [0.25, 0.3) is 0 Å². The van der Waals surface area contributed by atoms with Crippen LogP contribution in [0.5, 0.6) is 0 Å². The largest absolute Gasteiger partial charge is 0.347 e. The Hall–Kier alpha value is -0.810. The lowest BCUT2D eigenvalue weighted by Crippen LogP contribution is -2.46. The molecule has 1 saturated carbocycles. The lowest BCUT2D eigenvalue weighted by Gasteiger charge is -2.32. The van der Waals surface area contributed by atoms with E-state index in [1.54, 1.807) is 0 Å². The average molecular weight is 346 g/mol. The van der Waals surface area contributed by atoms with Crippen molar-refractivity contribution in [3.05, 3.63) is 0 Å². The number of nitrogens with one attached hydrogen (secondary N) is 2. The SMILES string of the molecule is CNCC1CCCN(C(=O)CNC(=O)CC2CCCCC2)C1.Cl. The van der Waals surface area contributed by atoms with Crippen LogP contribution >= 0.6 is 12.4 Å². The highest BCUT2D eigenvalue weighted by molar-refractivity contribution is 5.85. The summed E-state index contributed by atoms with van der Waals surface area (Å²) in [4.78, 5) is 26.1. The first-order valence-electron chi connectivity index (χ1n) is 8.88. The van der Waals surface area contributed by atoms with Gasteiger partial charge in [0.15, 0.2) is 0 Å². The zero-order valence-corrected chi connectivity index (χ0v) is 15.1. The van der Waals surface area contributed by atoms with Crippen LogP contribution in [0.3, 0.4) is 0 Å². The molecule has 5 nitrogen and oxygen atoms in total. The molecule has 0 aromatic carbocycles. The van der Waals surface area contributed by atoms with Crippen molar-refractivity contribution in [3.8, 4) is 0 Å². The molecule has 1 aliphatic heterocycles. The van der Waals surface area contributed by atoms with Crippen molar-refractivity contribution in [3.63, 3.8) is 0 Å². The third-order valence-electron chi connectivity index (χ3n) is 5.00. The second kappa shape index (κ2) is 10.9. The van der Waals surface area contributed by atoms with Gasteiger partial charge in [-0.05, 0) is 51.1 Å². The van der Waals surface area contributed by atoms with Gasteiger partial charge in [0, 0.05) is 19.5 Å². The predicted octanol–water partition coefficient (Wildman–Crippen LogP) is 1.95. The van der Waals surface area contributed by atoms with Gasteiger partial charge in [-0.25, -0.2) is 0 Å². The van der Waals surface area contributed by atoms with Gasteiger partial charge in [0.25, 0.3) is 0 Å². The first-order chi connectivity index (χ1) is 10.7. The number of amides is 2. The number of carbonyl (C=O) groups excluding carboxylic acids is 2. The molecule has 2 aliphatic rings. The first-order valence-corrected chi connectivity index (χ1v) is 8.88. The molecule has 1 saturated heterocycles. The molecule has 0 spiro atoms. The molecule has 23 heavy (non-hydrogen) atoms. The van der Waals surface area contributed by atoms with Crippen LogP contribution in [-0.2, 0) is 9.59 Å². The number of piperidine rings is 1. The normalized spacial score (nSPS) is 22.3. The molecule has 2 rings (SSSR count). The minimum Gasteiger partial charge on any atom is -0.347 e. The number of nitrogens with zero attached hydrogens (tertiary/aromatic N) is 1. The van der Waals surface area contributed by atoms with Crippen LogP contribution < -0.4 is 10.6 Å². The second-order valence-electron chi connectivity index (χ2n) is 6.89. The maximum absolute atomic E-state index is 12.2. The quantitative estimate of drug-likeness (QED) is 0.773. The number of halogens is 1. The monoisotopic (exact) mass is 345 g/mol. The number of likely N-dealkylation sites (tertiary alicyclic amines) is 1. The standard InChI is InChI=1S/C17H31N3O2.ClH/c1-18-11-15-8-5-9-20(13-15)17(22)12-19-16(21)10-14-6-3-2-4-7-14;/h14-15,18H,2-13H2,1H3,(H,19,21);1H. The molecule has 134 valence electrons. The van der Waals surface area contributed by atoms with Gasteiger partial charge in [-0.1, -0.05) is 19.3 Å². The number of carbonyl (C=O) groups is 2. The van der Waals surface area contributed by atoms with Crippen molar-refractivity contribution in [2.75, 3.05) is 33.2 Å². The number of rotatable bonds is 6. The zero-order chi connectivity index (χ0) is 15.8. The van der Waals surface area contributed by atoms with Crippen LogP contribution in [0.15, 0.2) is 0 Å². The van der Waals surface area contributed by atoms with Crippen molar-refractivity contribution in [2.45, 2.75) is 51.4 Å². The van der Waals surface area contributed by atoms with Crippen molar-refractivity contribution < 1.29 is 9.59 Å². The molecule has 1 atom stereocenters. The minimum atomic E-state index is 0. The van der Waals surface area contributed by atoms with Crippen molar-refractivity contribution >= 4 is 24.2 Å². The van der Waals surface area contributed by atoms with E-state index >= 15 is 0 Å². The molecular formula is C17H32ClN3O2. The Bertz CT molecular complexity index is 371. The van der Waals surface area contributed by atoms with Gasteiger partial charge in [0.1, 0.15) is 0 Å². The molecule has 0 bridgehead atoms. The number of hydrogen-bond donors (Lipinski definition) is 2. The van der Waals surface area contributed by atoms with E-state index in [0.29, 0.717) is 18.3 Å². The van der Waals surface area contributed by atoms with Gasteiger partial charge in [-0.3, -0.25) is 9.59 Å². The van der Waals surface area contributed by atoms with E-state index in [1.165, 1.54) is 38.5 Å². The van der Waals surface area contributed by atoms with Crippen LogP contribution in [-0.4, -0.2) is 49.9 Å². The predicted molar refractivity (Wildman–Crippen MR) is 94.7 cm³/mol. The summed E-state index contributed by atoms with van der Waals surface area (Å²) in [5.74, 6) is 1.18. The summed E-state index contributed by atoms with van der Waals surface area (Å²) < 4.78 is 0. The van der Waals surface area contributed by atoms with Gasteiger partial charge < -0.3 is 15.5 Å². The van der Waals surface area contributed by atoms with E-state index < -0.39 is 0 Å². The van der Waals surface area contributed by atoms with Gasteiger partial charge in [-0.15, -0.1) is 12.4 Å². The fourth-order valence-corrected chi connectivity index (χ4v) is 3.76. The highest BCUT2D eigenvalue weighted by atomic mass is 35.5.